The lowest BCUT2D eigenvalue weighted by atomic mass is 10.2. The molecule has 0 saturated carbocycles. The fourth-order valence-electron chi connectivity index (χ4n) is 1.89. The van der Waals surface area contributed by atoms with Crippen LogP contribution < -0.4 is 5.73 Å². The minimum Gasteiger partial charge on any atom is -0.326 e. The number of aryl methyl sites for hydroxylation is 1. The quantitative estimate of drug-likeness (QED) is 0.899. The Morgan fingerprint density at radius 2 is 2.12 bits per heavy atom. The van der Waals surface area contributed by atoms with Crippen LogP contribution in [-0.2, 0) is 20.1 Å². The van der Waals surface area contributed by atoms with Crippen molar-refractivity contribution >= 4 is 11.6 Å². The van der Waals surface area contributed by atoms with Gasteiger partial charge in [-0.25, -0.2) is 4.98 Å². The van der Waals surface area contributed by atoms with Crippen LogP contribution in [-0.4, -0.2) is 19.3 Å². The summed E-state index contributed by atoms with van der Waals surface area (Å²) in [5, 5.41) is 5.09. The number of aromatic nitrogens is 4. The van der Waals surface area contributed by atoms with Crippen molar-refractivity contribution < 1.29 is 0 Å². The highest BCUT2D eigenvalue weighted by Gasteiger charge is 2.12. The van der Waals surface area contributed by atoms with Crippen molar-refractivity contribution in [2.75, 3.05) is 0 Å². The molecule has 0 amide bonds. The van der Waals surface area contributed by atoms with Crippen molar-refractivity contribution in [3.63, 3.8) is 0 Å². The number of halogens is 1. The van der Waals surface area contributed by atoms with E-state index in [-0.39, 0.29) is 0 Å². The monoisotopic (exact) mass is 253 g/mol. The van der Waals surface area contributed by atoms with Crippen molar-refractivity contribution in [3.8, 4) is 0 Å². The molecule has 0 fully saturated rings. The highest BCUT2D eigenvalue weighted by Crippen LogP contribution is 2.15. The van der Waals surface area contributed by atoms with Crippen LogP contribution in [0, 0.1) is 13.8 Å². The smallest absolute Gasteiger partial charge is 0.131 e. The van der Waals surface area contributed by atoms with Gasteiger partial charge in [0.1, 0.15) is 11.0 Å². The average Bonchev–Trinajstić information content (AvgIpc) is 2.74. The van der Waals surface area contributed by atoms with Crippen LogP contribution in [0.1, 0.15) is 22.8 Å². The molecule has 0 spiro atoms. The first-order valence-corrected chi connectivity index (χ1v) is 5.81. The highest BCUT2D eigenvalue weighted by molar-refractivity contribution is 6.29. The Bertz CT molecular complexity index is 540. The van der Waals surface area contributed by atoms with Gasteiger partial charge in [-0.2, -0.15) is 5.10 Å². The van der Waals surface area contributed by atoms with Crippen molar-refractivity contribution in [1.82, 2.24) is 19.3 Å². The second-order valence-electron chi connectivity index (χ2n) is 4.07. The summed E-state index contributed by atoms with van der Waals surface area (Å²) in [7, 11) is 1.89. The van der Waals surface area contributed by atoms with E-state index in [0.717, 1.165) is 22.8 Å². The molecule has 0 atom stereocenters. The van der Waals surface area contributed by atoms with Gasteiger partial charge >= 0.3 is 0 Å². The Hall–Kier alpha value is -1.33. The van der Waals surface area contributed by atoms with Crippen molar-refractivity contribution in [2.24, 2.45) is 12.8 Å². The van der Waals surface area contributed by atoms with Crippen LogP contribution in [0.4, 0.5) is 0 Å². The van der Waals surface area contributed by atoms with E-state index in [1.54, 1.807) is 6.20 Å². The molecule has 0 aliphatic heterocycles. The zero-order chi connectivity index (χ0) is 12.6. The Kier molecular flexibility index (Phi) is 3.22. The fraction of sp³-hybridized carbons (Fsp3) is 0.455. The molecule has 0 aliphatic rings. The van der Waals surface area contributed by atoms with Crippen LogP contribution in [0.2, 0.25) is 5.15 Å². The van der Waals surface area contributed by atoms with Crippen LogP contribution in [0.25, 0.3) is 0 Å². The number of imidazole rings is 1. The van der Waals surface area contributed by atoms with Gasteiger partial charge in [-0.05, 0) is 13.8 Å². The lowest BCUT2D eigenvalue weighted by Gasteiger charge is -2.05. The van der Waals surface area contributed by atoms with Gasteiger partial charge in [0, 0.05) is 24.8 Å². The third-order valence-electron chi connectivity index (χ3n) is 3.05. The normalized spacial score (nSPS) is 11.1. The maximum Gasteiger partial charge on any atom is 0.131 e. The third kappa shape index (κ3) is 2.08. The van der Waals surface area contributed by atoms with Crippen LogP contribution in [0.15, 0.2) is 6.20 Å². The lowest BCUT2D eigenvalue weighted by molar-refractivity contribution is 0.612. The predicted molar refractivity (Wildman–Crippen MR) is 66.9 cm³/mol. The molecule has 6 heteroatoms. The number of rotatable bonds is 3. The molecule has 5 nitrogen and oxygen atoms in total. The maximum absolute atomic E-state index is 5.95. The molecule has 2 aromatic rings. The van der Waals surface area contributed by atoms with Crippen LogP contribution >= 0.6 is 11.6 Å². The van der Waals surface area contributed by atoms with Gasteiger partial charge in [0.25, 0.3) is 0 Å². The van der Waals surface area contributed by atoms with Gasteiger partial charge in [-0.1, -0.05) is 11.6 Å². The first kappa shape index (κ1) is 12.1. The van der Waals surface area contributed by atoms with E-state index < -0.39 is 0 Å². The summed E-state index contributed by atoms with van der Waals surface area (Å²) in [6.45, 7) is 5.11. The molecule has 17 heavy (non-hydrogen) atoms. The van der Waals surface area contributed by atoms with Gasteiger partial charge in [-0.15, -0.1) is 0 Å². The maximum atomic E-state index is 5.95. The first-order valence-electron chi connectivity index (χ1n) is 5.43. The Balaban J connectivity index is 2.34. The minimum atomic E-state index is 0.513. The standard InChI is InChI=1S/C11H16ClN5/c1-7-9(4-13)8(2)17(15-7)6-11-14-5-10(12)16(11)3/h5H,4,6,13H2,1-3H3. The Morgan fingerprint density at radius 1 is 1.41 bits per heavy atom. The largest absolute Gasteiger partial charge is 0.326 e. The summed E-state index contributed by atoms with van der Waals surface area (Å²) in [5.74, 6) is 0.879. The summed E-state index contributed by atoms with van der Waals surface area (Å²) >= 11 is 5.95. The second-order valence-corrected chi connectivity index (χ2v) is 4.45. The van der Waals surface area contributed by atoms with Crippen molar-refractivity contribution in [3.05, 3.63) is 34.1 Å². The van der Waals surface area contributed by atoms with Crippen LogP contribution in [0.5, 0.6) is 0 Å². The SMILES string of the molecule is Cc1nn(Cc2ncc(Cl)n2C)c(C)c1CN. The van der Waals surface area contributed by atoms with E-state index in [9.17, 15) is 0 Å². The van der Waals surface area contributed by atoms with E-state index in [0.29, 0.717) is 18.2 Å². The molecule has 0 bridgehead atoms. The van der Waals surface area contributed by atoms with Gasteiger partial charge in [0.2, 0.25) is 0 Å². The summed E-state index contributed by atoms with van der Waals surface area (Å²) in [5.41, 5.74) is 8.86. The summed E-state index contributed by atoms with van der Waals surface area (Å²) < 4.78 is 3.76. The Morgan fingerprint density at radius 3 is 2.59 bits per heavy atom. The van der Waals surface area contributed by atoms with E-state index >= 15 is 0 Å². The second kappa shape index (κ2) is 4.50. The van der Waals surface area contributed by atoms with Crippen molar-refractivity contribution in [2.45, 2.75) is 26.9 Å². The molecule has 2 aromatic heterocycles. The number of nitrogens with zero attached hydrogens (tertiary/aromatic N) is 4. The highest BCUT2D eigenvalue weighted by atomic mass is 35.5. The molecule has 0 unspecified atom stereocenters. The zero-order valence-corrected chi connectivity index (χ0v) is 11.0. The molecular formula is C11H16ClN5. The lowest BCUT2D eigenvalue weighted by Crippen LogP contribution is -2.09. The predicted octanol–water partition coefficient (Wildman–Crippen LogP) is 1.39. The molecule has 92 valence electrons. The summed E-state index contributed by atoms with van der Waals surface area (Å²) in [6, 6.07) is 0. The molecular weight excluding hydrogens is 238 g/mol. The van der Waals surface area contributed by atoms with E-state index in [2.05, 4.69) is 10.1 Å². The Labute approximate surface area is 105 Å². The number of hydrogen-bond donors (Lipinski definition) is 1. The van der Waals surface area contributed by atoms with Gasteiger partial charge < -0.3 is 10.3 Å². The molecule has 0 aliphatic carbocycles. The zero-order valence-electron chi connectivity index (χ0n) is 10.2. The average molecular weight is 254 g/mol. The van der Waals surface area contributed by atoms with Gasteiger partial charge in [0.15, 0.2) is 0 Å². The molecule has 0 saturated heterocycles. The van der Waals surface area contributed by atoms with Gasteiger partial charge in [0.05, 0.1) is 18.4 Å². The van der Waals surface area contributed by atoms with Gasteiger partial charge in [-0.3, -0.25) is 4.68 Å². The molecule has 2 rings (SSSR count). The first-order chi connectivity index (χ1) is 8.04. The fourth-order valence-corrected chi connectivity index (χ4v) is 2.03. The van der Waals surface area contributed by atoms with Crippen LogP contribution in [0.3, 0.4) is 0 Å². The molecule has 2 heterocycles. The minimum absolute atomic E-state index is 0.513. The molecule has 0 radical (unpaired) electrons. The summed E-state index contributed by atoms with van der Waals surface area (Å²) in [4.78, 5) is 4.26. The topological polar surface area (TPSA) is 61.7 Å². The molecule has 2 N–H and O–H groups in total. The summed E-state index contributed by atoms with van der Waals surface area (Å²) in [6.07, 6.45) is 1.65. The number of hydrogen-bond acceptors (Lipinski definition) is 3. The molecule has 0 aromatic carbocycles. The van der Waals surface area contributed by atoms with Crippen molar-refractivity contribution in [1.29, 1.82) is 0 Å². The number of nitrogens with two attached hydrogens (primary N) is 1. The van der Waals surface area contributed by atoms with E-state index in [1.165, 1.54) is 0 Å². The van der Waals surface area contributed by atoms with E-state index in [1.807, 2.05) is 30.1 Å². The van der Waals surface area contributed by atoms with E-state index in [4.69, 9.17) is 17.3 Å². The third-order valence-corrected chi connectivity index (χ3v) is 3.41.